The van der Waals surface area contributed by atoms with Crippen molar-refractivity contribution in [3.05, 3.63) is 70.8 Å². The quantitative estimate of drug-likeness (QED) is 0.569. The molecule has 148 valence electrons. The van der Waals surface area contributed by atoms with Gasteiger partial charge in [-0.05, 0) is 19.4 Å². The van der Waals surface area contributed by atoms with E-state index in [4.69, 9.17) is 27.9 Å². The van der Waals surface area contributed by atoms with Gasteiger partial charge >= 0.3 is 0 Å². The molecular weight excluding hydrogens is 403 g/mol. The second-order valence-corrected chi connectivity index (χ2v) is 8.56. The second kappa shape index (κ2) is 7.58. The van der Waals surface area contributed by atoms with Crippen LogP contribution < -0.4 is 0 Å². The number of carbonyl (C=O) groups excluding carboxylic acids is 2. The fourth-order valence-corrected chi connectivity index (χ4v) is 3.81. The van der Waals surface area contributed by atoms with E-state index in [-0.39, 0.29) is 5.56 Å². The number of rotatable bonds is 5. The molecule has 0 bridgehead atoms. The predicted octanol–water partition coefficient (Wildman–Crippen LogP) is 3.44. The first-order valence-electron chi connectivity index (χ1n) is 8.71. The normalized spacial score (nSPS) is 24.7. The SMILES string of the molecule is Cc1ccc(C(=O)[C@]2(O)CC(Cl)(Cl)O[C@@H]2C(=O)C(O)c2ccc(C)cc2)cc1. The van der Waals surface area contributed by atoms with Gasteiger partial charge in [0.1, 0.15) is 6.10 Å². The summed E-state index contributed by atoms with van der Waals surface area (Å²) in [5.41, 5.74) is 0.0720. The monoisotopic (exact) mass is 422 g/mol. The highest BCUT2D eigenvalue weighted by Crippen LogP contribution is 2.46. The maximum absolute atomic E-state index is 13.0. The lowest BCUT2D eigenvalue weighted by Gasteiger charge is -2.27. The second-order valence-electron chi connectivity index (χ2n) is 7.15. The van der Waals surface area contributed by atoms with E-state index in [9.17, 15) is 19.8 Å². The first-order chi connectivity index (χ1) is 13.0. The van der Waals surface area contributed by atoms with E-state index in [1.54, 1.807) is 36.4 Å². The summed E-state index contributed by atoms with van der Waals surface area (Å²) >= 11 is 12.0. The van der Waals surface area contributed by atoms with E-state index in [0.717, 1.165) is 11.1 Å². The molecule has 1 fully saturated rings. The smallest absolute Gasteiger partial charge is 0.221 e. The predicted molar refractivity (Wildman–Crippen MR) is 106 cm³/mol. The molecule has 1 aliphatic heterocycles. The molecule has 1 aliphatic rings. The van der Waals surface area contributed by atoms with Gasteiger partial charge in [0.15, 0.2) is 23.3 Å². The molecular formula is C21H20Cl2O5. The zero-order valence-electron chi connectivity index (χ0n) is 15.4. The molecule has 1 heterocycles. The van der Waals surface area contributed by atoms with Gasteiger partial charge in [-0.3, -0.25) is 9.59 Å². The summed E-state index contributed by atoms with van der Waals surface area (Å²) in [6.45, 7) is 3.72. The standard InChI is InChI=1S/C21H20Cl2O5/c1-12-3-7-14(8-4-12)16(24)17(25)19-20(27,11-21(22,23)28-19)18(26)15-9-5-13(2)6-10-15/h3-10,16,19,24,27H,11H2,1-2H3/t16?,19-,20-/m1/s1. The third-order valence-electron chi connectivity index (χ3n) is 4.83. The molecule has 2 N–H and O–H groups in total. The number of alkyl halides is 2. The molecule has 1 saturated heterocycles. The Bertz CT molecular complexity index is 892. The number of benzene rings is 2. The molecule has 2 aromatic rings. The van der Waals surface area contributed by atoms with E-state index in [1.807, 2.05) is 13.8 Å². The molecule has 0 aliphatic carbocycles. The van der Waals surface area contributed by atoms with Gasteiger partial charge in [-0.25, -0.2) is 0 Å². The van der Waals surface area contributed by atoms with Gasteiger partial charge in [-0.2, -0.15) is 0 Å². The molecule has 3 atom stereocenters. The number of ketones is 2. The number of carbonyl (C=O) groups is 2. The van der Waals surface area contributed by atoms with Crippen LogP contribution in [0, 0.1) is 13.8 Å². The largest absolute Gasteiger partial charge is 0.380 e. The summed E-state index contributed by atoms with van der Waals surface area (Å²) in [4.78, 5) is 25.9. The lowest BCUT2D eigenvalue weighted by molar-refractivity contribution is -0.145. The fourth-order valence-electron chi connectivity index (χ4n) is 3.22. The Kier molecular flexibility index (Phi) is 5.67. The fraction of sp³-hybridized carbons (Fsp3) is 0.333. The first-order valence-corrected chi connectivity index (χ1v) is 9.47. The number of aliphatic hydroxyl groups excluding tert-OH is 1. The Labute approximate surface area is 172 Å². The van der Waals surface area contributed by atoms with Gasteiger partial charge in [0.2, 0.25) is 4.52 Å². The zero-order valence-corrected chi connectivity index (χ0v) is 16.9. The molecule has 5 nitrogen and oxygen atoms in total. The van der Waals surface area contributed by atoms with Crippen LogP contribution in [-0.2, 0) is 9.53 Å². The minimum absolute atomic E-state index is 0.186. The van der Waals surface area contributed by atoms with Gasteiger partial charge < -0.3 is 14.9 Å². The van der Waals surface area contributed by atoms with Crippen LogP contribution in [0.3, 0.4) is 0 Å². The molecule has 3 rings (SSSR count). The van der Waals surface area contributed by atoms with E-state index in [1.165, 1.54) is 12.1 Å². The number of ether oxygens (including phenoxy) is 1. The summed E-state index contributed by atoms with van der Waals surface area (Å²) in [7, 11) is 0. The van der Waals surface area contributed by atoms with Crippen LogP contribution in [0.15, 0.2) is 48.5 Å². The number of Topliss-reactive ketones (excluding diaryl/α,β-unsaturated/α-hetero) is 2. The van der Waals surface area contributed by atoms with Crippen molar-refractivity contribution in [1.29, 1.82) is 0 Å². The van der Waals surface area contributed by atoms with Crippen LogP contribution in [0.5, 0.6) is 0 Å². The first kappa shape index (κ1) is 21.0. The van der Waals surface area contributed by atoms with Gasteiger partial charge in [0.25, 0.3) is 0 Å². The minimum atomic E-state index is -2.30. The summed E-state index contributed by atoms with van der Waals surface area (Å²) in [6.07, 6.45) is -3.83. The van der Waals surface area contributed by atoms with E-state index >= 15 is 0 Å². The summed E-state index contributed by atoms with van der Waals surface area (Å²) in [6, 6.07) is 13.1. The summed E-state index contributed by atoms with van der Waals surface area (Å²) < 4.78 is 3.37. The molecule has 0 amide bonds. The molecule has 0 aromatic heterocycles. The highest BCUT2D eigenvalue weighted by atomic mass is 35.5. The van der Waals surface area contributed by atoms with Crippen molar-refractivity contribution in [2.24, 2.45) is 0 Å². The molecule has 2 aromatic carbocycles. The maximum Gasteiger partial charge on any atom is 0.221 e. The van der Waals surface area contributed by atoms with E-state index in [2.05, 4.69) is 0 Å². The van der Waals surface area contributed by atoms with Crippen LogP contribution in [0.4, 0.5) is 0 Å². The van der Waals surface area contributed by atoms with E-state index in [0.29, 0.717) is 5.56 Å². The van der Waals surface area contributed by atoms with Gasteiger partial charge in [0.05, 0.1) is 0 Å². The Morgan fingerprint density at radius 2 is 1.54 bits per heavy atom. The molecule has 0 spiro atoms. The topological polar surface area (TPSA) is 83.8 Å². The lowest BCUT2D eigenvalue weighted by atomic mass is 9.82. The van der Waals surface area contributed by atoms with Crippen molar-refractivity contribution >= 4 is 34.8 Å². The number of halogens is 2. The van der Waals surface area contributed by atoms with Crippen molar-refractivity contribution in [3.63, 3.8) is 0 Å². The minimum Gasteiger partial charge on any atom is -0.380 e. The van der Waals surface area contributed by atoms with Crippen molar-refractivity contribution in [3.8, 4) is 0 Å². The third-order valence-corrected chi connectivity index (χ3v) is 5.27. The van der Waals surface area contributed by atoms with Crippen molar-refractivity contribution < 1.29 is 24.5 Å². The number of hydrogen-bond acceptors (Lipinski definition) is 5. The zero-order chi connectivity index (χ0) is 20.7. The average molecular weight is 423 g/mol. The number of hydrogen-bond donors (Lipinski definition) is 2. The average Bonchev–Trinajstić information content (AvgIpc) is 2.91. The van der Waals surface area contributed by atoms with E-state index < -0.39 is 40.3 Å². The summed E-state index contributed by atoms with van der Waals surface area (Å²) in [5, 5.41) is 21.6. The molecule has 0 radical (unpaired) electrons. The Hall–Kier alpha value is -1.76. The molecule has 0 saturated carbocycles. The van der Waals surface area contributed by atoms with Crippen molar-refractivity contribution in [1.82, 2.24) is 0 Å². The lowest BCUT2D eigenvalue weighted by Crippen LogP contribution is -2.51. The Balaban J connectivity index is 1.94. The van der Waals surface area contributed by atoms with Crippen LogP contribution >= 0.6 is 23.2 Å². The molecule has 7 heteroatoms. The van der Waals surface area contributed by atoms with Gasteiger partial charge in [-0.1, -0.05) is 82.9 Å². The third kappa shape index (κ3) is 4.00. The van der Waals surface area contributed by atoms with Crippen LogP contribution in [-0.4, -0.2) is 38.0 Å². The molecule has 28 heavy (non-hydrogen) atoms. The number of aryl methyl sites for hydroxylation is 2. The van der Waals surface area contributed by atoms with Crippen LogP contribution in [0.1, 0.15) is 39.6 Å². The van der Waals surface area contributed by atoms with Crippen LogP contribution in [0.2, 0.25) is 0 Å². The number of aliphatic hydroxyl groups is 2. The molecule has 1 unspecified atom stereocenters. The van der Waals surface area contributed by atoms with Crippen LogP contribution in [0.25, 0.3) is 0 Å². The van der Waals surface area contributed by atoms with Crippen molar-refractivity contribution in [2.75, 3.05) is 0 Å². The highest BCUT2D eigenvalue weighted by Gasteiger charge is 2.61. The Morgan fingerprint density at radius 3 is 2.07 bits per heavy atom. The van der Waals surface area contributed by atoms with Crippen molar-refractivity contribution in [2.45, 2.75) is 42.6 Å². The van der Waals surface area contributed by atoms with Gasteiger partial charge in [0, 0.05) is 12.0 Å². The highest BCUT2D eigenvalue weighted by molar-refractivity contribution is 6.47. The maximum atomic E-state index is 13.0. The Morgan fingerprint density at radius 1 is 1.04 bits per heavy atom. The summed E-state index contributed by atoms with van der Waals surface area (Å²) in [5.74, 6) is -1.64. The van der Waals surface area contributed by atoms with Gasteiger partial charge in [-0.15, -0.1) is 0 Å².